The van der Waals surface area contributed by atoms with Crippen molar-refractivity contribution in [2.45, 2.75) is 64.3 Å². The third-order valence-corrected chi connectivity index (χ3v) is 6.69. The first kappa shape index (κ1) is 21.2. The van der Waals surface area contributed by atoms with Crippen LogP contribution >= 0.6 is 11.6 Å². The van der Waals surface area contributed by atoms with Gasteiger partial charge in [-0.05, 0) is 68.5 Å². The highest BCUT2D eigenvalue weighted by molar-refractivity contribution is 6.30. The molecule has 0 saturated carbocycles. The molecule has 1 fully saturated rings. The minimum absolute atomic E-state index is 0.0277. The zero-order valence-corrected chi connectivity index (χ0v) is 18.6. The van der Waals surface area contributed by atoms with Crippen LogP contribution in [0.1, 0.15) is 74.0 Å². The average molecular weight is 429 g/mol. The van der Waals surface area contributed by atoms with Crippen molar-refractivity contribution < 1.29 is 19.4 Å². The van der Waals surface area contributed by atoms with Gasteiger partial charge in [-0.1, -0.05) is 37.6 Å². The van der Waals surface area contributed by atoms with E-state index in [0.717, 1.165) is 29.2 Å². The van der Waals surface area contributed by atoms with Crippen molar-refractivity contribution >= 4 is 17.6 Å². The fraction of sp³-hybridized carbons (Fsp3) is 0.480. The molecule has 30 heavy (non-hydrogen) atoms. The van der Waals surface area contributed by atoms with E-state index in [1.807, 2.05) is 18.2 Å². The number of fused-ring (bicyclic) bond motifs is 3. The van der Waals surface area contributed by atoms with Crippen molar-refractivity contribution in [3.05, 3.63) is 64.2 Å². The Morgan fingerprint density at radius 3 is 2.67 bits per heavy atom. The molecule has 0 aliphatic carbocycles. The molecule has 4 rings (SSSR count). The van der Waals surface area contributed by atoms with Gasteiger partial charge in [0.2, 0.25) is 0 Å². The Bertz CT molecular complexity index is 952. The topological polar surface area (TPSA) is 55.8 Å². The fourth-order valence-electron chi connectivity index (χ4n) is 4.99. The van der Waals surface area contributed by atoms with Crippen molar-refractivity contribution in [3.63, 3.8) is 0 Å². The summed E-state index contributed by atoms with van der Waals surface area (Å²) >= 11 is 6.30. The van der Waals surface area contributed by atoms with Gasteiger partial charge in [0.15, 0.2) is 0 Å². The largest absolute Gasteiger partial charge is 0.487 e. The quantitative estimate of drug-likeness (QED) is 0.605. The second-order valence-corrected chi connectivity index (χ2v) is 9.93. The molecule has 4 nitrogen and oxygen atoms in total. The minimum Gasteiger partial charge on any atom is -0.487 e. The fourth-order valence-corrected chi connectivity index (χ4v) is 5.19. The average Bonchev–Trinajstić information content (AvgIpc) is 2.66. The first-order chi connectivity index (χ1) is 14.2. The Labute approximate surface area is 183 Å². The number of aromatic carboxylic acids is 1. The number of hydrogen-bond acceptors (Lipinski definition) is 3. The molecule has 0 spiro atoms. The molecule has 0 bridgehead atoms. The maximum Gasteiger partial charge on any atom is 0.335 e. The van der Waals surface area contributed by atoms with Crippen LogP contribution in [0.3, 0.4) is 0 Å². The smallest absolute Gasteiger partial charge is 0.335 e. The van der Waals surface area contributed by atoms with Gasteiger partial charge in [0.25, 0.3) is 0 Å². The molecule has 2 unspecified atom stereocenters. The number of rotatable bonds is 4. The van der Waals surface area contributed by atoms with Gasteiger partial charge in [-0.15, -0.1) is 0 Å². The van der Waals surface area contributed by atoms with Crippen molar-refractivity contribution in [2.24, 2.45) is 11.8 Å². The normalized spacial score (nSPS) is 27.1. The lowest BCUT2D eigenvalue weighted by molar-refractivity contribution is -0.162. The Morgan fingerprint density at radius 1 is 1.23 bits per heavy atom. The summed E-state index contributed by atoms with van der Waals surface area (Å²) in [5, 5.41) is 10.2. The summed E-state index contributed by atoms with van der Waals surface area (Å²) in [6.07, 6.45) is 1.66. The molecular weight excluding hydrogens is 400 g/mol. The van der Waals surface area contributed by atoms with Crippen LogP contribution in [0.5, 0.6) is 5.75 Å². The van der Waals surface area contributed by atoms with Crippen LogP contribution in [0, 0.1) is 11.8 Å². The lowest BCUT2D eigenvalue weighted by Crippen LogP contribution is -2.50. The van der Waals surface area contributed by atoms with Crippen LogP contribution in [0.25, 0.3) is 0 Å². The van der Waals surface area contributed by atoms with Gasteiger partial charge in [0.05, 0.1) is 17.8 Å². The third-order valence-electron chi connectivity index (χ3n) is 6.45. The Balaban J connectivity index is 1.77. The highest BCUT2D eigenvalue weighted by Gasteiger charge is 2.50. The van der Waals surface area contributed by atoms with Crippen molar-refractivity contribution in [1.82, 2.24) is 0 Å². The number of carbonyl (C=O) groups is 1. The molecule has 0 radical (unpaired) electrons. The van der Waals surface area contributed by atoms with Crippen LogP contribution in [-0.2, 0) is 4.74 Å². The second-order valence-electron chi connectivity index (χ2n) is 9.49. The summed E-state index contributed by atoms with van der Waals surface area (Å²) in [5.74, 6) is 0.563. The van der Waals surface area contributed by atoms with E-state index in [0.29, 0.717) is 5.92 Å². The van der Waals surface area contributed by atoms with E-state index in [1.165, 1.54) is 5.56 Å². The molecule has 160 valence electrons. The summed E-state index contributed by atoms with van der Waals surface area (Å²) in [5.41, 5.74) is 1.86. The van der Waals surface area contributed by atoms with E-state index >= 15 is 0 Å². The zero-order valence-electron chi connectivity index (χ0n) is 17.9. The number of hydrogen-bond donors (Lipinski definition) is 1. The molecule has 2 aliphatic heterocycles. The SMILES string of the molecule is CC(C)CC1O[C@@H]2c3cc(C(=O)O)ccc3OC(C)(C)[C@H]2CC1c1cccc(Cl)c1. The molecular formula is C25H29ClO4. The Hall–Kier alpha value is -2.04. The maximum absolute atomic E-state index is 11.6. The van der Waals surface area contributed by atoms with Gasteiger partial charge in [-0.25, -0.2) is 4.79 Å². The first-order valence-corrected chi connectivity index (χ1v) is 11.0. The number of ether oxygens (including phenoxy) is 2. The lowest BCUT2D eigenvalue weighted by Gasteiger charge is -2.51. The molecule has 2 aliphatic rings. The number of carboxylic acids is 1. The molecule has 4 atom stereocenters. The van der Waals surface area contributed by atoms with E-state index < -0.39 is 11.6 Å². The second kappa shape index (κ2) is 7.90. The van der Waals surface area contributed by atoms with E-state index in [2.05, 4.69) is 33.8 Å². The highest BCUT2D eigenvalue weighted by atomic mass is 35.5. The predicted octanol–water partition coefficient (Wildman–Crippen LogP) is 6.49. The number of benzene rings is 2. The third kappa shape index (κ3) is 3.95. The van der Waals surface area contributed by atoms with Crippen LogP contribution < -0.4 is 4.74 Å². The van der Waals surface area contributed by atoms with Gasteiger partial charge >= 0.3 is 5.97 Å². The summed E-state index contributed by atoms with van der Waals surface area (Å²) in [6.45, 7) is 8.60. The molecule has 2 aromatic carbocycles. The predicted molar refractivity (Wildman–Crippen MR) is 117 cm³/mol. The summed E-state index contributed by atoms with van der Waals surface area (Å²) in [7, 11) is 0. The van der Waals surface area contributed by atoms with Gasteiger partial charge < -0.3 is 14.6 Å². The van der Waals surface area contributed by atoms with Crippen molar-refractivity contribution in [3.8, 4) is 5.75 Å². The number of carboxylic acid groups (broad SMARTS) is 1. The molecule has 0 aromatic heterocycles. The van der Waals surface area contributed by atoms with E-state index in [9.17, 15) is 9.90 Å². The van der Waals surface area contributed by atoms with Crippen molar-refractivity contribution in [2.75, 3.05) is 0 Å². The molecule has 5 heteroatoms. The van der Waals surface area contributed by atoms with Crippen molar-refractivity contribution in [1.29, 1.82) is 0 Å². The zero-order chi connectivity index (χ0) is 21.6. The van der Waals surface area contributed by atoms with Crippen LogP contribution in [0.15, 0.2) is 42.5 Å². The maximum atomic E-state index is 11.6. The number of halogens is 1. The van der Waals surface area contributed by atoms with Gasteiger partial charge in [-0.2, -0.15) is 0 Å². The van der Waals surface area contributed by atoms with Gasteiger partial charge in [0, 0.05) is 22.4 Å². The summed E-state index contributed by atoms with van der Waals surface area (Å²) in [4.78, 5) is 11.6. The molecule has 1 saturated heterocycles. The van der Waals surface area contributed by atoms with Crippen LogP contribution in [0.2, 0.25) is 5.02 Å². The Morgan fingerprint density at radius 2 is 2.00 bits per heavy atom. The standard InChI is InChI=1S/C25H29ClO4/c1-14(2)10-22-18(15-6-5-7-17(26)11-15)13-20-23(29-22)19-12-16(24(27)28)8-9-21(19)30-25(20,3)4/h5-9,11-12,14,18,20,22-23H,10,13H2,1-4H3,(H,27,28)/t18?,20-,22?,23+/m0/s1. The van der Waals surface area contributed by atoms with Crippen LogP contribution in [-0.4, -0.2) is 22.8 Å². The first-order valence-electron chi connectivity index (χ1n) is 10.6. The molecule has 0 amide bonds. The summed E-state index contributed by atoms with van der Waals surface area (Å²) < 4.78 is 13.1. The van der Waals surface area contributed by atoms with Crippen LogP contribution in [0.4, 0.5) is 0 Å². The van der Waals surface area contributed by atoms with Gasteiger partial charge in [0.1, 0.15) is 11.4 Å². The molecule has 2 aromatic rings. The van der Waals surface area contributed by atoms with E-state index in [4.69, 9.17) is 21.1 Å². The highest BCUT2D eigenvalue weighted by Crippen LogP contribution is 2.54. The molecule has 1 N–H and O–H groups in total. The van der Waals surface area contributed by atoms with E-state index in [-0.39, 0.29) is 29.6 Å². The lowest BCUT2D eigenvalue weighted by atomic mass is 9.69. The van der Waals surface area contributed by atoms with E-state index in [1.54, 1.807) is 18.2 Å². The Kier molecular flexibility index (Phi) is 5.58. The molecule has 2 heterocycles. The minimum atomic E-state index is -0.939. The van der Waals surface area contributed by atoms with Gasteiger partial charge in [-0.3, -0.25) is 0 Å². The monoisotopic (exact) mass is 428 g/mol. The summed E-state index contributed by atoms with van der Waals surface area (Å²) in [6, 6.07) is 13.1.